The van der Waals surface area contributed by atoms with Crippen molar-refractivity contribution in [2.45, 2.75) is 13.0 Å². The lowest BCUT2D eigenvalue weighted by Crippen LogP contribution is -2.38. The molecule has 6 nitrogen and oxygen atoms in total. The largest absolute Gasteiger partial charge is 0.356 e. The zero-order valence-corrected chi connectivity index (χ0v) is 13.2. The van der Waals surface area contributed by atoms with Crippen LogP contribution in [0.25, 0.3) is 0 Å². The molecule has 0 aliphatic carbocycles. The van der Waals surface area contributed by atoms with Gasteiger partial charge in [-0.15, -0.1) is 0 Å². The molecule has 0 amide bonds. The topological polar surface area (TPSA) is 67.1 Å². The quantitative estimate of drug-likeness (QED) is 0.646. The maximum Gasteiger partial charge on any atom is 0.191 e. The first-order valence-corrected chi connectivity index (χ1v) is 7.19. The highest BCUT2D eigenvalue weighted by molar-refractivity contribution is 6.31. The second-order valence-corrected chi connectivity index (χ2v) is 5.05. The van der Waals surface area contributed by atoms with Crippen molar-refractivity contribution in [3.8, 4) is 0 Å². The number of halogens is 2. The normalized spacial score (nSPS) is 11.5. The molecule has 0 spiro atoms. The van der Waals surface area contributed by atoms with Gasteiger partial charge in [-0.25, -0.2) is 9.37 Å². The summed E-state index contributed by atoms with van der Waals surface area (Å²) in [5, 5.41) is 10.7. The third-order valence-electron chi connectivity index (χ3n) is 3.14. The second kappa shape index (κ2) is 7.74. The average molecular weight is 325 g/mol. The van der Waals surface area contributed by atoms with E-state index in [1.165, 1.54) is 18.5 Å². The molecule has 2 N–H and O–H groups in total. The highest BCUT2D eigenvalue weighted by Gasteiger charge is 2.04. The van der Waals surface area contributed by atoms with E-state index in [2.05, 4.69) is 25.7 Å². The van der Waals surface area contributed by atoms with Gasteiger partial charge < -0.3 is 10.6 Å². The molecule has 0 atom stereocenters. The summed E-state index contributed by atoms with van der Waals surface area (Å²) in [6, 6.07) is 4.41. The van der Waals surface area contributed by atoms with Crippen molar-refractivity contribution in [3.63, 3.8) is 0 Å². The molecule has 118 valence electrons. The minimum atomic E-state index is -0.331. The summed E-state index contributed by atoms with van der Waals surface area (Å²) in [4.78, 5) is 8.25. The SMILES string of the molecule is CN=C(NCCc1ccc(F)cc1Cl)NCc1ncnn1C. The van der Waals surface area contributed by atoms with E-state index in [0.29, 0.717) is 30.5 Å². The molecular formula is C14H18ClFN6. The summed E-state index contributed by atoms with van der Waals surface area (Å²) in [5.41, 5.74) is 0.888. The Kier molecular flexibility index (Phi) is 5.71. The maximum atomic E-state index is 13.0. The van der Waals surface area contributed by atoms with Crippen molar-refractivity contribution in [2.24, 2.45) is 12.0 Å². The van der Waals surface area contributed by atoms with Crippen molar-refractivity contribution in [2.75, 3.05) is 13.6 Å². The third-order valence-corrected chi connectivity index (χ3v) is 3.50. The molecule has 2 rings (SSSR count). The number of rotatable bonds is 5. The Morgan fingerprint density at radius 2 is 2.23 bits per heavy atom. The lowest BCUT2D eigenvalue weighted by Gasteiger charge is -2.12. The highest BCUT2D eigenvalue weighted by Crippen LogP contribution is 2.17. The summed E-state index contributed by atoms with van der Waals surface area (Å²) < 4.78 is 14.7. The van der Waals surface area contributed by atoms with Crippen LogP contribution in [0.4, 0.5) is 4.39 Å². The van der Waals surface area contributed by atoms with Crippen molar-refractivity contribution in [3.05, 3.63) is 46.8 Å². The van der Waals surface area contributed by atoms with Crippen LogP contribution in [-0.2, 0) is 20.0 Å². The molecule has 1 aromatic carbocycles. The van der Waals surface area contributed by atoms with E-state index in [-0.39, 0.29) is 5.82 Å². The van der Waals surface area contributed by atoms with Gasteiger partial charge >= 0.3 is 0 Å². The fourth-order valence-electron chi connectivity index (χ4n) is 1.90. The number of hydrogen-bond acceptors (Lipinski definition) is 3. The van der Waals surface area contributed by atoms with Gasteiger partial charge in [0.15, 0.2) is 5.96 Å². The Hall–Kier alpha value is -2.15. The van der Waals surface area contributed by atoms with E-state index in [4.69, 9.17) is 11.6 Å². The van der Waals surface area contributed by atoms with E-state index in [9.17, 15) is 4.39 Å². The zero-order valence-electron chi connectivity index (χ0n) is 12.5. The molecule has 0 aliphatic heterocycles. The molecule has 1 aromatic heterocycles. The van der Waals surface area contributed by atoms with Crippen LogP contribution in [0.3, 0.4) is 0 Å². The van der Waals surface area contributed by atoms with Crippen molar-refractivity contribution >= 4 is 17.6 Å². The van der Waals surface area contributed by atoms with Crippen molar-refractivity contribution < 1.29 is 4.39 Å². The number of nitrogens with one attached hydrogen (secondary N) is 2. The summed E-state index contributed by atoms with van der Waals surface area (Å²) in [6.45, 7) is 1.15. The molecular weight excluding hydrogens is 307 g/mol. The summed E-state index contributed by atoms with van der Waals surface area (Å²) in [6.07, 6.45) is 2.17. The number of aliphatic imine (C=N–C) groups is 1. The fraction of sp³-hybridized carbons (Fsp3) is 0.357. The minimum Gasteiger partial charge on any atom is -0.356 e. The average Bonchev–Trinajstić information content (AvgIpc) is 2.90. The highest BCUT2D eigenvalue weighted by atomic mass is 35.5. The van der Waals surface area contributed by atoms with Gasteiger partial charge in [-0.05, 0) is 24.1 Å². The van der Waals surface area contributed by atoms with Crippen LogP contribution >= 0.6 is 11.6 Å². The number of benzene rings is 1. The molecule has 0 radical (unpaired) electrons. The molecule has 1 heterocycles. The Morgan fingerprint density at radius 1 is 1.41 bits per heavy atom. The molecule has 22 heavy (non-hydrogen) atoms. The molecule has 0 aliphatic rings. The second-order valence-electron chi connectivity index (χ2n) is 4.64. The predicted molar refractivity (Wildman–Crippen MR) is 84.3 cm³/mol. The van der Waals surface area contributed by atoms with Crippen LogP contribution in [0.5, 0.6) is 0 Å². The summed E-state index contributed by atoms with van der Waals surface area (Å²) >= 11 is 5.99. The third kappa shape index (κ3) is 4.42. The number of guanidine groups is 1. The van der Waals surface area contributed by atoms with Crippen LogP contribution in [0.15, 0.2) is 29.5 Å². The molecule has 0 unspecified atom stereocenters. The van der Waals surface area contributed by atoms with Gasteiger partial charge in [0, 0.05) is 25.7 Å². The predicted octanol–water partition coefficient (Wildman–Crippen LogP) is 1.52. The van der Waals surface area contributed by atoms with Gasteiger partial charge in [0.25, 0.3) is 0 Å². The van der Waals surface area contributed by atoms with E-state index in [1.54, 1.807) is 17.8 Å². The van der Waals surface area contributed by atoms with Crippen molar-refractivity contribution in [1.82, 2.24) is 25.4 Å². The first-order valence-electron chi connectivity index (χ1n) is 6.81. The van der Waals surface area contributed by atoms with Gasteiger partial charge in [-0.2, -0.15) is 5.10 Å². The van der Waals surface area contributed by atoms with E-state index >= 15 is 0 Å². The van der Waals surface area contributed by atoms with Crippen LogP contribution in [0, 0.1) is 5.82 Å². The number of aryl methyl sites for hydroxylation is 1. The molecule has 8 heteroatoms. The summed E-state index contributed by atoms with van der Waals surface area (Å²) in [7, 11) is 3.52. The minimum absolute atomic E-state index is 0.331. The van der Waals surface area contributed by atoms with E-state index < -0.39 is 0 Å². The van der Waals surface area contributed by atoms with E-state index in [1.807, 2.05) is 7.05 Å². The van der Waals surface area contributed by atoms with Gasteiger partial charge in [0.05, 0.1) is 6.54 Å². The number of nitrogens with zero attached hydrogens (tertiary/aromatic N) is 4. The lowest BCUT2D eigenvalue weighted by molar-refractivity contribution is 0.627. The van der Waals surface area contributed by atoms with Crippen LogP contribution in [0.1, 0.15) is 11.4 Å². The molecule has 0 bridgehead atoms. The van der Waals surface area contributed by atoms with Crippen LogP contribution in [0.2, 0.25) is 5.02 Å². The zero-order chi connectivity index (χ0) is 15.9. The molecule has 0 saturated carbocycles. The first kappa shape index (κ1) is 16.2. The smallest absolute Gasteiger partial charge is 0.191 e. The van der Waals surface area contributed by atoms with Gasteiger partial charge in [0.1, 0.15) is 18.0 Å². The maximum absolute atomic E-state index is 13.0. The van der Waals surface area contributed by atoms with Crippen molar-refractivity contribution in [1.29, 1.82) is 0 Å². The molecule has 2 aromatic rings. The monoisotopic (exact) mass is 324 g/mol. The van der Waals surface area contributed by atoms with Gasteiger partial charge in [0.2, 0.25) is 0 Å². The Labute approximate surface area is 133 Å². The van der Waals surface area contributed by atoms with Crippen LogP contribution in [-0.4, -0.2) is 34.3 Å². The number of aromatic nitrogens is 3. The molecule has 0 saturated heterocycles. The van der Waals surface area contributed by atoms with Gasteiger partial charge in [-0.1, -0.05) is 17.7 Å². The van der Waals surface area contributed by atoms with Gasteiger partial charge in [-0.3, -0.25) is 9.67 Å². The number of hydrogen-bond donors (Lipinski definition) is 2. The van der Waals surface area contributed by atoms with Crippen LogP contribution < -0.4 is 10.6 Å². The Balaban J connectivity index is 1.80. The molecule has 0 fully saturated rings. The Bertz CT molecular complexity index is 655. The fourth-order valence-corrected chi connectivity index (χ4v) is 2.17. The standard InChI is InChI=1S/C14H18ClFN6/c1-17-14(19-8-13-20-9-21-22(13)2)18-6-5-10-3-4-11(16)7-12(10)15/h3-4,7,9H,5-6,8H2,1-2H3,(H2,17,18,19). The van der Waals surface area contributed by atoms with E-state index in [0.717, 1.165) is 11.4 Å². The summed E-state index contributed by atoms with van der Waals surface area (Å²) in [5.74, 6) is 1.13. The lowest BCUT2D eigenvalue weighted by atomic mass is 10.1. The first-order chi connectivity index (χ1) is 10.6. The Morgan fingerprint density at radius 3 is 2.86 bits per heavy atom.